The number of carbonyl (C=O) groups excluding carboxylic acids is 2. The van der Waals surface area contributed by atoms with Crippen molar-refractivity contribution in [2.24, 2.45) is 5.14 Å². The molecule has 1 aliphatic rings. The molecular formula is C18H25N5O4S2. The lowest BCUT2D eigenvalue weighted by Gasteiger charge is -2.12. The molecule has 3 amide bonds. The monoisotopic (exact) mass is 439 g/mol. The third-order valence-electron chi connectivity index (χ3n) is 4.83. The van der Waals surface area contributed by atoms with E-state index in [2.05, 4.69) is 15.6 Å². The first-order chi connectivity index (χ1) is 13.8. The highest BCUT2D eigenvalue weighted by Crippen LogP contribution is 2.26. The summed E-state index contributed by atoms with van der Waals surface area (Å²) in [5.41, 5.74) is 1.32. The van der Waals surface area contributed by atoms with E-state index in [1.165, 1.54) is 23.9 Å². The van der Waals surface area contributed by atoms with Crippen molar-refractivity contribution in [3.63, 3.8) is 0 Å². The number of sulfonamides is 1. The van der Waals surface area contributed by atoms with Gasteiger partial charge in [0, 0.05) is 24.8 Å². The van der Waals surface area contributed by atoms with Gasteiger partial charge in [-0.2, -0.15) is 0 Å². The fourth-order valence-corrected chi connectivity index (χ4v) is 4.95. The number of amides is 3. The molecular weight excluding hydrogens is 414 g/mol. The highest BCUT2D eigenvalue weighted by molar-refractivity contribution is 7.99. The number of urea groups is 1. The lowest BCUT2D eigenvalue weighted by atomic mass is 10.2. The number of primary sulfonamides is 1. The molecule has 0 radical (unpaired) electrons. The number of imide groups is 1. The van der Waals surface area contributed by atoms with Gasteiger partial charge in [-0.05, 0) is 38.0 Å². The number of imidazole rings is 1. The molecule has 0 spiro atoms. The topological polar surface area (TPSA) is 136 Å². The molecule has 1 saturated carbocycles. The second kappa shape index (κ2) is 9.14. The maximum absolute atomic E-state index is 12.0. The van der Waals surface area contributed by atoms with Crippen LogP contribution in [-0.4, -0.2) is 41.7 Å². The van der Waals surface area contributed by atoms with Crippen LogP contribution in [0.4, 0.5) is 4.79 Å². The van der Waals surface area contributed by atoms with Crippen LogP contribution in [0.2, 0.25) is 0 Å². The molecule has 1 aromatic heterocycles. The zero-order chi connectivity index (χ0) is 21.0. The second-order valence-corrected chi connectivity index (χ2v) is 9.56. The highest BCUT2D eigenvalue weighted by Gasteiger charge is 2.18. The quantitative estimate of drug-likeness (QED) is 0.564. The van der Waals surface area contributed by atoms with Gasteiger partial charge in [-0.3, -0.25) is 10.1 Å². The molecule has 1 fully saturated rings. The Morgan fingerprint density at radius 3 is 2.69 bits per heavy atom. The van der Waals surface area contributed by atoms with E-state index >= 15 is 0 Å². The van der Waals surface area contributed by atoms with E-state index in [0.29, 0.717) is 23.0 Å². The maximum Gasteiger partial charge on any atom is 0.321 e. The van der Waals surface area contributed by atoms with E-state index in [9.17, 15) is 18.0 Å². The summed E-state index contributed by atoms with van der Waals surface area (Å²) in [4.78, 5) is 28.3. The SMILES string of the molecule is CCn1c(SCCC(=O)NC(=O)NC2CCCC2)nc2cc(S(N)(=O)=O)ccc21. The van der Waals surface area contributed by atoms with Crippen LogP contribution >= 0.6 is 11.8 Å². The first-order valence-electron chi connectivity index (χ1n) is 9.54. The predicted molar refractivity (Wildman–Crippen MR) is 111 cm³/mol. The Morgan fingerprint density at radius 2 is 2.03 bits per heavy atom. The molecule has 1 aromatic carbocycles. The van der Waals surface area contributed by atoms with Crippen molar-refractivity contribution < 1.29 is 18.0 Å². The van der Waals surface area contributed by atoms with Crippen molar-refractivity contribution in [1.82, 2.24) is 20.2 Å². The van der Waals surface area contributed by atoms with E-state index in [1.54, 1.807) is 6.07 Å². The minimum absolute atomic E-state index is 0.00922. The zero-order valence-electron chi connectivity index (χ0n) is 16.2. The number of hydrogen-bond acceptors (Lipinski definition) is 6. The van der Waals surface area contributed by atoms with Crippen LogP contribution in [0.1, 0.15) is 39.0 Å². The average Bonchev–Trinajstić information content (AvgIpc) is 3.27. The minimum Gasteiger partial charge on any atom is -0.335 e. The largest absolute Gasteiger partial charge is 0.335 e. The van der Waals surface area contributed by atoms with Crippen LogP contribution in [-0.2, 0) is 21.4 Å². The third kappa shape index (κ3) is 5.49. The van der Waals surface area contributed by atoms with Gasteiger partial charge in [-0.25, -0.2) is 23.3 Å². The molecule has 158 valence electrons. The lowest BCUT2D eigenvalue weighted by Crippen LogP contribution is -2.43. The van der Waals surface area contributed by atoms with Gasteiger partial charge in [0.2, 0.25) is 15.9 Å². The lowest BCUT2D eigenvalue weighted by molar-refractivity contribution is -0.119. The maximum atomic E-state index is 12.0. The number of nitrogens with one attached hydrogen (secondary N) is 2. The standard InChI is InChI=1S/C18H25N5O4S2/c1-2-23-15-8-7-13(29(19,26)27)11-14(15)21-18(23)28-10-9-16(24)22-17(25)20-12-5-3-4-6-12/h7-8,11-12H,2-6,9-10H2,1H3,(H2,19,26,27)(H2,20,22,24,25). The summed E-state index contributed by atoms with van der Waals surface area (Å²) in [5, 5.41) is 11.0. The molecule has 9 nitrogen and oxygen atoms in total. The van der Waals surface area contributed by atoms with Gasteiger partial charge >= 0.3 is 6.03 Å². The van der Waals surface area contributed by atoms with Crippen molar-refractivity contribution in [2.45, 2.75) is 61.7 Å². The number of rotatable bonds is 7. The average molecular weight is 440 g/mol. The fraction of sp³-hybridized carbons (Fsp3) is 0.500. The van der Waals surface area contributed by atoms with Crippen molar-refractivity contribution in [1.29, 1.82) is 0 Å². The first-order valence-corrected chi connectivity index (χ1v) is 12.1. The summed E-state index contributed by atoms with van der Waals surface area (Å²) in [6.45, 7) is 2.60. The number of thioether (sulfide) groups is 1. The summed E-state index contributed by atoms with van der Waals surface area (Å²) in [6, 6.07) is 4.29. The molecule has 0 bridgehead atoms. The van der Waals surface area contributed by atoms with E-state index in [1.807, 2.05) is 11.5 Å². The van der Waals surface area contributed by atoms with E-state index in [4.69, 9.17) is 5.14 Å². The molecule has 0 unspecified atom stereocenters. The first kappa shape index (κ1) is 21.6. The smallest absolute Gasteiger partial charge is 0.321 e. The number of aryl methyl sites for hydroxylation is 1. The van der Waals surface area contributed by atoms with Crippen molar-refractivity contribution in [2.75, 3.05) is 5.75 Å². The second-order valence-electron chi connectivity index (χ2n) is 6.94. The van der Waals surface area contributed by atoms with E-state index in [-0.39, 0.29) is 23.3 Å². The van der Waals surface area contributed by atoms with Gasteiger partial charge in [0.15, 0.2) is 5.16 Å². The van der Waals surface area contributed by atoms with Gasteiger partial charge < -0.3 is 9.88 Å². The summed E-state index contributed by atoms with van der Waals surface area (Å²) >= 11 is 1.38. The van der Waals surface area contributed by atoms with Gasteiger partial charge in [0.1, 0.15) is 0 Å². The Kier molecular flexibility index (Phi) is 6.81. The van der Waals surface area contributed by atoms with Gasteiger partial charge in [-0.15, -0.1) is 0 Å². The Hall–Kier alpha value is -2.11. The van der Waals surface area contributed by atoms with E-state index < -0.39 is 16.1 Å². The molecule has 29 heavy (non-hydrogen) atoms. The van der Waals surface area contributed by atoms with Crippen LogP contribution in [0.15, 0.2) is 28.3 Å². The van der Waals surface area contributed by atoms with Crippen LogP contribution in [0, 0.1) is 0 Å². The van der Waals surface area contributed by atoms with E-state index in [0.717, 1.165) is 31.2 Å². The Bertz CT molecular complexity index is 1010. The number of aromatic nitrogens is 2. The number of carbonyl (C=O) groups is 2. The third-order valence-corrected chi connectivity index (χ3v) is 6.72. The van der Waals surface area contributed by atoms with Gasteiger partial charge in [0.05, 0.1) is 15.9 Å². The summed E-state index contributed by atoms with van der Waals surface area (Å²) in [5.74, 6) is 0.0946. The molecule has 0 aliphatic heterocycles. The van der Waals surface area contributed by atoms with Gasteiger partial charge in [-0.1, -0.05) is 24.6 Å². The van der Waals surface area contributed by atoms with Crippen molar-refractivity contribution in [3.05, 3.63) is 18.2 Å². The molecule has 2 aromatic rings. The minimum atomic E-state index is -3.80. The van der Waals surface area contributed by atoms with Crippen LogP contribution in [0.3, 0.4) is 0 Å². The molecule has 0 saturated heterocycles. The molecule has 11 heteroatoms. The van der Waals surface area contributed by atoms with Crippen LogP contribution < -0.4 is 15.8 Å². The van der Waals surface area contributed by atoms with Crippen LogP contribution in [0.25, 0.3) is 11.0 Å². The number of hydrogen-bond donors (Lipinski definition) is 3. The zero-order valence-corrected chi connectivity index (χ0v) is 17.8. The number of nitrogens with two attached hydrogens (primary N) is 1. The Morgan fingerprint density at radius 1 is 1.31 bits per heavy atom. The molecule has 1 aliphatic carbocycles. The number of benzene rings is 1. The fourth-order valence-electron chi connectivity index (χ4n) is 3.40. The normalized spacial score (nSPS) is 15.0. The Labute approximate surface area is 173 Å². The molecule has 3 rings (SSSR count). The number of fused-ring (bicyclic) bond motifs is 1. The summed E-state index contributed by atoms with van der Waals surface area (Å²) < 4.78 is 25.0. The predicted octanol–water partition coefficient (Wildman–Crippen LogP) is 1.95. The Balaban J connectivity index is 1.58. The molecule has 1 heterocycles. The highest BCUT2D eigenvalue weighted by atomic mass is 32.2. The summed E-state index contributed by atoms with van der Waals surface area (Å²) in [7, 11) is -3.80. The summed E-state index contributed by atoms with van der Waals surface area (Å²) in [6.07, 6.45) is 4.28. The van der Waals surface area contributed by atoms with Crippen LogP contribution in [0.5, 0.6) is 0 Å². The van der Waals surface area contributed by atoms with Crippen molar-refractivity contribution >= 4 is 44.8 Å². The molecule has 0 atom stereocenters. The molecule has 4 N–H and O–H groups in total. The van der Waals surface area contributed by atoms with Gasteiger partial charge in [0.25, 0.3) is 0 Å². The van der Waals surface area contributed by atoms with Crippen molar-refractivity contribution in [3.8, 4) is 0 Å². The number of nitrogens with zero attached hydrogens (tertiary/aromatic N) is 2.